The number of unbranched alkanes of at least 4 members (excludes halogenated alkanes) is 1. The Bertz CT molecular complexity index is 1070. The summed E-state index contributed by atoms with van der Waals surface area (Å²) in [7, 11) is -3.78. The minimum Gasteiger partial charge on any atom is -0.481 e. The molecular formula is C24H30N2O8S. The van der Waals surface area contributed by atoms with Crippen LogP contribution in [0.5, 0.6) is 0 Å². The first-order valence-corrected chi connectivity index (χ1v) is 13.4. The third-order valence-electron chi connectivity index (χ3n) is 6.66. The number of benzene rings is 1. The molecule has 0 aliphatic carbocycles. The summed E-state index contributed by atoms with van der Waals surface area (Å²) >= 11 is 0. The zero-order valence-corrected chi connectivity index (χ0v) is 20.0. The first-order chi connectivity index (χ1) is 16.8. The molecule has 10 nitrogen and oxygen atoms in total. The fourth-order valence-corrected chi connectivity index (χ4v) is 6.09. The van der Waals surface area contributed by atoms with E-state index in [9.17, 15) is 22.8 Å². The zero-order chi connectivity index (χ0) is 25.0. The molecule has 2 amide bonds. The number of amides is 2. The molecule has 1 aromatic carbocycles. The van der Waals surface area contributed by atoms with Gasteiger partial charge in [-0.3, -0.25) is 14.4 Å². The van der Waals surface area contributed by atoms with Crippen LogP contribution in [0.4, 0.5) is 0 Å². The van der Waals surface area contributed by atoms with Gasteiger partial charge in [0.2, 0.25) is 11.8 Å². The van der Waals surface area contributed by atoms with Gasteiger partial charge in [-0.2, -0.15) is 0 Å². The van der Waals surface area contributed by atoms with Gasteiger partial charge in [-0.15, -0.1) is 0 Å². The van der Waals surface area contributed by atoms with Crippen molar-refractivity contribution >= 4 is 27.6 Å². The van der Waals surface area contributed by atoms with Crippen LogP contribution in [0.3, 0.4) is 0 Å². The highest BCUT2D eigenvalue weighted by Crippen LogP contribution is 2.54. The minimum absolute atomic E-state index is 0.0153. The van der Waals surface area contributed by atoms with E-state index in [4.69, 9.17) is 14.6 Å². The number of ether oxygens (including phenoxy) is 2. The summed E-state index contributed by atoms with van der Waals surface area (Å²) < 4.78 is 36.3. The van der Waals surface area contributed by atoms with E-state index in [0.717, 1.165) is 6.42 Å². The molecule has 3 fully saturated rings. The molecule has 3 saturated heterocycles. The van der Waals surface area contributed by atoms with Crippen molar-refractivity contribution in [3.63, 3.8) is 0 Å². The quantitative estimate of drug-likeness (QED) is 0.201. The number of hydrogen-bond donors (Lipinski definition) is 3. The van der Waals surface area contributed by atoms with Crippen LogP contribution in [0.15, 0.2) is 47.4 Å². The summed E-state index contributed by atoms with van der Waals surface area (Å²) in [6.45, 7) is 0.0454. The van der Waals surface area contributed by atoms with Crippen molar-refractivity contribution in [2.24, 2.45) is 11.8 Å². The fourth-order valence-electron chi connectivity index (χ4n) is 4.90. The Hall–Kier alpha value is -2.76. The maximum atomic E-state index is 12.3. The molecule has 1 aromatic rings. The Kier molecular flexibility index (Phi) is 7.88. The number of epoxide rings is 1. The molecule has 190 valence electrons. The summed E-state index contributed by atoms with van der Waals surface area (Å²) in [6, 6.07) is 7.68. The van der Waals surface area contributed by atoms with E-state index in [1.54, 1.807) is 18.2 Å². The van der Waals surface area contributed by atoms with E-state index in [2.05, 4.69) is 10.6 Å². The Morgan fingerprint density at radius 2 is 1.60 bits per heavy atom. The summed E-state index contributed by atoms with van der Waals surface area (Å²) in [5.41, 5.74) is 0. The van der Waals surface area contributed by atoms with Gasteiger partial charge in [-0.05, 0) is 37.3 Å². The van der Waals surface area contributed by atoms with Crippen LogP contribution < -0.4 is 10.6 Å². The number of carboxylic acid groups (broad SMARTS) is 1. The lowest BCUT2D eigenvalue weighted by Gasteiger charge is -2.25. The third-order valence-corrected chi connectivity index (χ3v) is 8.29. The summed E-state index contributed by atoms with van der Waals surface area (Å²) in [6.07, 6.45) is 6.27. The SMILES string of the molecule is O=C(O)CCCC=CC[C@H]1[C@@H](CNC(=O)CNC(=O)CS(=O)(=O)c2ccccc2)[C@@H]2O[C@H]1[C@@H]1O[C@@H]12. The number of allylic oxidation sites excluding steroid dienone is 2. The Morgan fingerprint density at radius 1 is 0.914 bits per heavy atom. The first kappa shape index (κ1) is 25.3. The highest BCUT2D eigenvalue weighted by Gasteiger charge is 2.68. The average molecular weight is 507 g/mol. The van der Waals surface area contributed by atoms with Gasteiger partial charge in [0.15, 0.2) is 9.84 Å². The van der Waals surface area contributed by atoms with Crippen molar-refractivity contribution < 1.29 is 37.4 Å². The van der Waals surface area contributed by atoms with Crippen LogP contribution in [0.25, 0.3) is 0 Å². The Labute approximate surface area is 204 Å². The third kappa shape index (κ3) is 6.28. The van der Waals surface area contributed by atoms with Gasteiger partial charge in [-0.1, -0.05) is 30.4 Å². The second-order valence-electron chi connectivity index (χ2n) is 9.10. The van der Waals surface area contributed by atoms with Crippen molar-refractivity contribution in [3.8, 4) is 0 Å². The molecule has 3 heterocycles. The van der Waals surface area contributed by atoms with Crippen LogP contribution >= 0.6 is 0 Å². The predicted octanol–water partition coefficient (Wildman–Crippen LogP) is 0.675. The number of carbonyl (C=O) groups excluding carboxylic acids is 2. The van der Waals surface area contributed by atoms with Gasteiger partial charge in [0.05, 0.1) is 23.6 Å². The highest BCUT2D eigenvalue weighted by molar-refractivity contribution is 7.92. The molecule has 0 radical (unpaired) electrons. The van der Waals surface area contributed by atoms with E-state index in [-0.39, 0.29) is 54.1 Å². The summed E-state index contributed by atoms with van der Waals surface area (Å²) in [4.78, 5) is 35.1. The van der Waals surface area contributed by atoms with E-state index in [1.165, 1.54) is 12.1 Å². The predicted molar refractivity (Wildman–Crippen MR) is 124 cm³/mol. The fraction of sp³-hybridized carbons (Fsp3) is 0.542. The van der Waals surface area contributed by atoms with Crippen molar-refractivity contribution in [2.75, 3.05) is 18.8 Å². The molecule has 3 N–H and O–H groups in total. The monoisotopic (exact) mass is 506 g/mol. The molecule has 3 aliphatic rings. The molecule has 4 rings (SSSR count). The van der Waals surface area contributed by atoms with Gasteiger partial charge in [-0.25, -0.2) is 8.42 Å². The Morgan fingerprint density at radius 3 is 2.31 bits per heavy atom. The molecule has 11 heteroatoms. The van der Waals surface area contributed by atoms with E-state index in [1.807, 2.05) is 12.2 Å². The molecule has 3 aliphatic heterocycles. The zero-order valence-electron chi connectivity index (χ0n) is 19.2. The lowest BCUT2D eigenvalue weighted by molar-refractivity contribution is -0.137. The number of carbonyl (C=O) groups is 3. The molecule has 0 spiro atoms. The highest BCUT2D eigenvalue weighted by atomic mass is 32.2. The number of hydrogen-bond acceptors (Lipinski definition) is 7. The molecule has 35 heavy (non-hydrogen) atoms. The number of carboxylic acids is 1. The normalized spacial score (nSPS) is 28.6. The molecule has 0 unspecified atom stereocenters. The van der Waals surface area contributed by atoms with Crippen LogP contribution in [0.2, 0.25) is 0 Å². The standard InChI is InChI=1S/C24H30N2O8S/c27-18(13-26-19(28)14-35(31,32)15-8-4-3-5-9-15)25-12-17-16(10-6-1-2-7-11-20(29)30)21-23-24(34-23)22(17)33-21/h1,3-6,8-9,16-17,21-24H,2,7,10-14H2,(H,25,27)(H,26,28)(H,29,30)/t16-,17+,21+,22-,23-,24+/m0/s1. The second kappa shape index (κ2) is 10.9. The smallest absolute Gasteiger partial charge is 0.303 e. The number of aliphatic carboxylic acids is 1. The number of nitrogens with one attached hydrogen (secondary N) is 2. The van der Waals surface area contributed by atoms with E-state index >= 15 is 0 Å². The van der Waals surface area contributed by atoms with Crippen molar-refractivity contribution in [3.05, 3.63) is 42.5 Å². The number of sulfone groups is 1. The average Bonchev–Trinajstić information content (AvgIpc) is 3.45. The number of fused-ring (bicyclic) bond motifs is 5. The molecular weight excluding hydrogens is 476 g/mol. The van der Waals surface area contributed by atoms with E-state index in [0.29, 0.717) is 19.4 Å². The maximum absolute atomic E-state index is 12.3. The van der Waals surface area contributed by atoms with Gasteiger partial charge in [0.1, 0.15) is 18.0 Å². The lowest BCUT2D eigenvalue weighted by Crippen LogP contribution is -2.44. The van der Waals surface area contributed by atoms with Crippen molar-refractivity contribution in [1.29, 1.82) is 0 Å². The van der Waals surface area contributed by atoms with Gasteiger partial charge in [0, 0.05) is 18.9 Å². The van der Waals surface area contributed by atoms with E-state index < -0.39 is 33.4 Å². The molecule has 2 bridgehead atoms. The van der Waals surface area contributed by atoms with Crippen molar-refractivity contribution in [1.82, 2.24) is 10.6 Å². The number of rotatable bonds is 13. The van der Waals surface area contributed by atoms with Gasteiger partial charge in [0.25, 0.3) is 0 Å². The second-order valence-corrected chi connectivity index (χ2v) is 11.1. The van der Waals surface area contributed by atoms with Gasteiger partial charge < -0.3 is 25.2 Å². The van der Waals surface area contributed by atoms with Crippen molar-refractivity contribution in [2.45, 2.75) is 55.0 Å². The Balaban J connectivity index is 1.21. The lowest BCUT2D eigenvalue weighted by atomic mass is 9.77. The summed E-state index contributed by atoms with van der Waals surface area (Å²) in [5.74, 6) is -2.45. The molecule has 0 aromatic heterocycles. The topological polar surface area (TPSA) is 151 Å². The maximum Gasteiger partial charge on any atom is 0.303 e. The summed E-state index contributed by atoms with van der Waals surface area (Å²) in [5, 5.41) is 13.9. The first-order valence-electron chi connectivity index (χ1n) is 11.7. The largest absolute Gasteiger partial charge is 0.481 e. The molecule has 0 saturated carbocycles. The van der Waals surface area contributed by atoms with Crippen LogP contribution in [0, 0.1) is 11.8 Å². The van der Waals surface area contributed by atoms with Crippen LogP contribution in [-0.2, 0) is 33.7 Å². The molecule has 6 atom stereocenters. The minimum atomic E-state index is -3.78. The van der Waals surface area contributed by atoms with Crippen LogP contribution in [0.1, 0.15) is 25.7 Å². The van der Waals surface area contributed by atoms with Gasteiger partial charge >= 0.3 is 5.97 Å². The van der Waals surface area contributed by atoms with Crippen LogP contribution in [-0.4, -0.2) is 74.6 Å².